The van der Waals surface area contributed by atoms with Crippen LogP contribution in [0, 0.1) is 0 Å². The summed E-state index contributed by atoms with van der Waals surface area (Å²) in [7, 11) is 1.77. The van der Waals surface area contributed by atoms with Crippen LogP contribution in [0.15, 0.2) is 29.3 Å². The van der Waals surface area contributed by atoms with E-state index in [1.54, 1.807) is 11.9 Å². The van der Waals surface area contributed by atoms with Gasteiger partial charge in [-0.05, 0) is 25.0 Å². The van der Waals surface area contributed by atoms with Gasteiger partial charge in [0.05, 0.1) is 5.69 Å². The third kappa shape index (κ3) is 5.85. The maximum absolute atomic E-state index is 12.1. The van der Waals surface area contributed by atoms with Gasteiger partial charge < -0.3 is 20.3 Å². The van der Waals surface area contributed by atoms with Gasteiger partial charge in [0.2, 0.25) is 0 Å². The lowest BCUT2D eigenvalue weighted by molar-refractivity contribution is -0.121. The number of anilines is 1. The first-order valence-corrected chi connectivity index (χ1v) is 8.23. The van der Waals surface area contributed by atoms with Crippen LogP contribution in [0.3, 0.4) is 0 Å². The van der Waals surface area contributed by atoms with Gasteiger partial charge in [-0.25, -0.2) is 0 Å². The van der Waals surface area contributed by atoms with Gasteiger partial charge in [-0.1, -0.05) is 25.5 Å². The molecular weight excluding hydrogens is 419 g/mol. The van der Waals surface area contributed by atoms with Gasteiger partial charge in [-0.2, -0.15) is 0 Å². The van der Waals surface area contributed by atoms with Crippen molar-refractivity contribution in [2.24, 2.45) is 4.99 Å². The second kappa shape index (κ2) is 11.1. The first kappa shape index (κ1) is 20.5. The molecule has 0 fully saturated rings. The van der Waals surface area contributed by atoms with E-state index in [0.29, 0.717) is 6.54 Å². The lowest BCUT2D eigenvalue weighted by atomic mass is 10.2. The molecule has 0 aliphatic carbocycles. The standard InChI is InChI=1S/C17H26N4O2.HI/c1-3-4-10-19-17(18-2)20-11-7-12-21-14-8-5-6-9-15(14)23-13-16(21)22;/h5-6,8-9H,3-4,7,10-13H2,1-2H3,(H2,18,19,20);1H. The van der Waals surface area contributed by atoms with Crippen molar-refractivity contribution in [1.29, 1.82) is 0 Å². The molecular formula is C17H27IN4O2. The number of carbonyl (C=O) groups excluding carboxylic acids is 1. The molecule has 1 aliphatic heterocycles. The summed E-state index contributed by atoms with van der Waals surface area (Å²) in [5.41, 5.74) is 0.856. The minimum Gasteiger partial charge on any atom is -0.482 e. The lowest BCUT2D eigenvalue weighted by Crippen LogP contribution is -2.42. The molecule has 2 rings (SSSR count). The molecule has 24 heavy (non-hydrogen) atoms. The SMILES string of the molecule is CCCCNC(=NC)NCCCN1C(=O)COc2ccccc21.I. The Morgan fingerprint density at radius 2 is 1.96 bits per heavy atom. The number of hydrogen-bond acceptors (Lipinski definition) is 3. The minimum atomic E-state index is 0. The van der Waals surface area contributed by atoms with Crippen LogP contribution in [0.25, 0.3) is 0 Å². The number of nitrogens with one attached hydrogen (secondary N) is 2. The molecule has 0 bridgehead atoms. The number of amides is 1. The van der Waals surface area contributed by atoms with E-state index in [0.717, 1.165) is 49.7 Å². The lowest BCUT2D eigenvalue weighted by Gasteiger charge is -2.29. The predicted octanol–water partition coefficient (Wildman–Crippen LogP) is 2.39. The van der Waals surface area contributed by atoms with Crippen molar-refractivity contribution < 1.29 is 9.53 Å². The zero-order chi connectivity index (χ0) is 16.5. The van der Waals surface area contributed by atoms with Crippen molar-refractivity contribution in [3.05, 3.63) is 24.3 Å². The fourth-order valence-corrected chi connectivity index (χ4v) is 2.45. The first-order valence-electron chi connectivity index (χ1n) is 8.23. The van der Waals surface area contributed by atoms with Crippen molar-refractivity contribution >= 4 is 41.5 Å². The fourth-order valence-electron chi connectivity index (χ4n) is 2.45. The highest BCUT2D eigenvalue weighted by atomic mass is 127. The molecule has 134 valence electrons. The Balaban J connectivity index is 0.00000288. The van der Waals surface area contributed by atoms with Crippen LogP contribution in [0.4, 0.5) is 5.69 Å². The van der Waals surface area contributed by atoms with E-state index < -0.39 is 0 Å². The van der Waals surface area contributed by atoms with Crippen molar-refractivity contribution in [3.8, 4) is 5.75 Å². The van der Waals surface area contributed by atoms with Crippen LogP contribution in [0.2, 0.25) is 0 Å². The molecule has 0 aromatic heterocycles. The number of nitrogens with zero attached hydrogens (tertiary/aromatic N) is 2. The molecule has 0 spiro atoms. The molecule has 7 heteroatoms. The highest BCUT2D eigenvalue weighted by molar-refractivity contribution is 14.0. The molecule has 1 aromatic rings. The molecule has 0 saturated heterocycles. The molecule has 1 heterocycles. The van der Waals surface area contributed by atoms with Gasteiger partial charge >= 0.3 is 0 Å². The van der Waals surface area contributed by atoms with Crippen LogP contribution in [-0.2, 0) is 4.79 Å². The monoisotopic (exact) mass is 446 g/mol. The summed E-state index contributed by atoms with van der Waals surface area (Å²) in [5, 5.41) is 6.55. The summed E-state index contributed by atoms with van der Waals surface area (Å²) < 4.78 is 5.45. The van der Waals surface area contributed by atoms with E-state index in [1.165, 1.54) is 0 Å². The van der Waals surface area contributed by atoms with E-state index in [4.69, 9.17) is 4.74 Å². The Morgan fingerprint density at radius 3 is 2.67 bits per heavy atom. The van der Waals surface area contributed by atoms with E-state index in [1.807, 2.05) is 24.3 Å². The van der Waals surface area contributed by atoms with E-state index in [-0.39, 0.29) is 36.5 Å². The molecule has 1 aromatic carbocycles. The molecule has 2 N–H and O–H groups in total. The molecule has 1 amide bonds. The second-order valence-electron chi connectivity index (χ2n) is 5.43. The Kier molecular flexibility index (Phi) is 9.51. The van der Waals surface area contributed by atoms with Crippen LogP contribution in [0.1, 0.15) is 26.2 Å². The van der Waals surface area contributed by atoms with Crippen LogP contribution in [0.5, 0.6) is 5.75 Å². The number of carbonyl (C=O) groups is 1. The average Bonchev–Trinajstić information content (AvgIpc) is 2.58. The van der Waals surface area contributed by atoms with Gasteiger partial charge in [0.1, 0.15) is 5.75 Å². The maximum Gasteiger partial charge on any atom is 0.265 e. The smallest absolute Gasteiger partial charge is 0.265 e. The van der Waals surface area contributed by atoms with Gasteiger partial charge in [0.15, 0.2) is 12.6 Å². The number of hydrogen-bond donors (Lipinski definition) is 2. The Bertz CT molecular complexity index is 551. The largest absolute Gasteiger partial charge is 0.482 e. The second-order valence-corrected chi connectivity index (χ2v) is 5.43. The summed E-state index contributed by atoms with van der Waals surface area (Å²) in [5.74, 6) is 1.60. The van der Waals surface area contributed by atoms with E-state index >= 15 is 0 Å². The average molecular weight is 446 g/mol. The number of fused-ring (bicyclic) bond motifs is 1. The van der Waals surface area contributed by atoms with Crippen LogP contribution in [-0.4, -0.2) is 45.2 Å². The maximum atomic E-state index is 12.1. The molecule has 1 aliphatic rings. The summed E-state index contributed by atoms with van der Waals surface area (Å²) in [6, 6.07) is 7.66. The minimum absolute atomic E-state index is 0. The summed E-state index contributed by atoms with van der Waals surface area (Å²) in [6.45, 7) is 4.63. The number of benzene rings is 1. The molecule has 0 atom stereocenters. The number of halogens is 1. The summed E-state index contributed by atoms with van der Waals surface area (Å²) in [4.78, 5) is 18.0. The topological polar surface area (TPSA) is 66.0 Å². The van der Waals surface area contributed by atoms with E-state index in [9.17, 15) is 4.79 Å². The van der Waals surface area contributed by atoms with Gasteiger partial charge in [-0.3, -0.25) is 9.79 Å². The van der Waals surface area contributed by atoms with Crippen molar-refractivity contribution in [3.63, 3.8) is 0 Å². The Labute approximate surface area is 161 Å². The van der Waals surface area contributed by atoms with Gasteiger partial charge in [0.25, 0.3) is 5.91 Å². The predicted molar refractivity (Wildman–Crippen MR) is 109 cm³/mol. The third-order valence-corrected chi connectivity index (χ3v) is 3.71. The molecule has 6 nitrogen and oxygen atoms in total. The number of aliphatic imine (C=N–C) groups is 1. The zero-order valence-electron chi connectivity index (χ0n) is 14.4. The number of rotatable bonds is 7. The number of guanidine groups is 1. The molecule has 0 saturated carbocycles. The highest BCUT2D eigenvalue weighted by Gasteiger charge is 2.24. The fraction of sp³-hybridized carbons (Fsp3) is 0.529. The normalized spacial score (nSPS) is 13.7. The Morgan fingerprint density at radius 1 is 1.25 bits per heavy atom. The quantitative estimate of drug-likeness (QED) is 0.292. The summed E-state index contributed by atoms with van der Waals surface area (Å²) in [6.07, 6.45) is 3.12. The Hall–Kier alpha value is -1.51. The number of para-hydroxylation sites is 2. The number of ether oxygens (including phenoxy) is 1. The van der Waals surface area contributed by atoms with Crippen molar-refractivity contribution in [2.75, 3.05) is 38.2 Å². The zero-order valence-corrected chi connectivity index (χ0v) is 16.7. The highest BCUT2D eigenvalue weighted by Crippen LogP contribution is 2.31. The van der Waals surface area contributed by atoms with E-state index in [2.05, 4.69) is 22.5 Å². The van der Waals surface area contributed by atoms with Crippen molar-refractivity contribution in [1.82, 2.24) is 10.6 Å². The van der Waals surface area contributed by atoms with Crippen LogP contribution < -0.4 is 20.3 Å². The third-order valence-electron chi connectivity index (χ3n) is 3.71. The van der Waals surface area contributed by atoms with Gasteiger partial charge in [-0.15, -0.1) is 24.0 Å². The first-order chi connectivity index (χ1) is 11.3. The summed E-state index contributed by atoms with van der Waals surface area (Å²) >= 11 is 0. The molecule has 0 radical (unpaired) electrons. The van der Waals surface area contributed by atoms with Crippen molar-refractivity contribution in [2.45, 2.75) is 26.2 Å². The number of unbranched alkanes of at least 4 members (excludes halogenated alkanes) is 1. The van der Waals surface area contributed by atoms with Gasteiger partial charge in [0, 0.05) is 26.7 Å². The molecule has 0 unspecified atom stereocenters. The van der Waals surface area contributed by atoms with Crippen LogP contribution >= 0.6 is 24.0 Å².